The summed E-state index contributed by atoms with van der Waals surface area (Å²) in [6.07, 6.45) is 4.74. The van der Waals surface area contributed by atoms with Crippen molar-refractivity contribution in [1.82, 2.24) is 9.80 Å². The lowest BCUT2D eigenvalue weighted by atomic mass is 9.70. The molecule has 1 atom stereocenters. The van der Waals surface area contributed by atoms with E-state index in [-0.39, 0.29) is 18.3 Å². The molecule has 0 spiro atoms. The van der Waals surface area contributed by atoms with Gasteiger partial charge in [-0.1, -0.05) is 71.7 Å². The SMILES string of the molecule is COc1cccc(CN2CCCC(CCCN3CCC(O)(c4ccccc4)CC3)(c3ccc(Cl)c(Cl)c3)C2=O)c1.Cl. The molecule has 1 amide bonds. The first-order valence-electron chi connectivity index (χ1n) is 14.2. The minimum Gasteiger partial charge on any atom is -0.497 e. The first-order chi connectivity index (χ1) is 19.3. The van der Waals surface area contributed by atoms with Crippen LogP contribution in [0.3, 0.4) is 0 Å². The Bertz CT molecular complexity index is 1310. The third-order valence-corrected chi connectivity index (χ3v) is 9.52. The summed E-state index contributed by atoms with van der Waals surface area (Å²) < 4.78 is 5.40. The summed E-state index contributed by atoms with van der Waals surface area (Å²) in [6, 6.07) is 23.6. The molecule has 0 aliphatic carbocycles. The summed E-state index contributed by atoms with van der Waals surface area (Å²) >= 11 is 12.7. The van der Waals surface area contributed by atoms with E-state index in [1.54, 1.807) is 7.11 Å². The second kappa shape index (κ2) is 13.8. The number of piperidine rings is 2. The molecule has 3 aromatic rings. The highest BCUT2D eigenvalue weighted by Crippen LogP contribution is 2.42. The Labute approximate surface area is 259 Å². The van der Waals surface area contributed by atoms with E-state index in [0.29, 0.717) is 29.4 Å². The van der Waals surface area contributed by atoms with E-state index in [1.165, 1.54) is 0 Å². The van der Waals surface area contributed by atoms with Crippen LogP contribution in [0.15, 0.2) is 72.8 Å². The van der Waals surface area contributed by atoms with E-state index in [1.807, 2.05) is 77.7 Å². The Morgan fingerprint density at radius 1 is 0.878 bits per heavy atom. The van der Waals surface area contributed by atoms with Crippen molar-refractivity contribution in [3.8, 4) is 5.75 Å². The van der Waals surface area contributed by atoms with Crippen molar-refractivity contribution < 1.29 is 14.6 Å². The lowest BCUT2D eigenvalue weighted by molar-refractivity contribution is -0.142. The van der Waals surface area contributed by atoms with Crippen molar-refractivity contribution in [1.29, 1.82) is 0 Å². The van der Waals surface area contributed by atoms with Crippen molar-refractivity contribution in [2.24, 2.45) is 0 Å². The summed E-state index contributed by atoms with van der Waals surface area (Å²) in [5, 5.41) is 12.2. The minimum absolute atomic E-state index is 0. The second-order valence-electron chi connectivity index (χ2n) is 11.2. The summed E-state index contributed by atoms with van der Waals surface area (Å²) in [7, 11) is 1.66. The van der Waals surface area contributed by atoms with Gasteiger partial charge in [0, 0.05) is 26.2 Å². The standard InChI is InChI=1S/C33H38Cl2N2O3.ClH/c1-40-28-11-5-8-25(22-28)24-37-19-7-15-32(31(37)38,27-12-13-29(34)30(35)23-27)14-6-18-36-20-16-33(39,17-21-36)26-9-3-2-4-10-26;/h2-5,8-13,22-23,39H,6-7,14-21,24H2,1H3;1H. The smallest absolute Gasteiger partial charge is 0.233 e. The lowest BCUT2D eigenvalue weighted by Crippen LogP contribution is -2.51. The maximum Gasteiger partial charge on any atom is 0.233 e. The molecule has 0 bridgehead atoms. The van der Waals surface area contributed by atoms with E-state index in [0.717, 1.165) is 74.3 Å². The zero-order valence-electron chi connectivity index (χ0n) is 23.5. The second-order valence-corrected chi connectivity index (χ2v) is 12.0. The molecule has 2 aliphatic rings. The molecular weight excluding hydrogens is 579 g/mol. The quantitative estimate of drug-likeness (QED) is 0.275. The highest BCUT2D eigenvalue weighted by atomic mass is 35.5. The zero-order valence-corrected chi connectivity index (χ0v) is 25.9. The van der Waals surface area contributed by atoms with Crippen LogP contribution in [0.4, 0.5) is 0 Å². The van der Waals surface area contributed by atoms with Gasteiger partial charge in [-0.05, 0) is 86.0 Å². The Morgan fingerprint density at radius 3 is 2.34 bits per heavy atom. The number of hydrogen-bond donors (Lipinski definition) is 1. The van der Waals surface area contributed by atoms with Crippen LogP contribution in [0, 0.1) is 0 Å². The highest BCUT2D eigenvalue weighted by molar-refractivity contribution is 6.42. The number of ether oxygens (including phenoxy) is 1. The highest BCUT2D eigenvalue weighted by Gasteiger charge is 2.45. The summed E-state index contributed by atoms with van der Waals surface area (Å²) in [4.78, 5) is 18.7. The van der Waals surface area contributed by atoms with Crippen LogP contribution in [-0.2, 0) is 22.4 Å². The predicted octanol–water partition coefficient (Wildman–Crippen LogP) is 7.25. The fourth-order valence-corrected chi connectivity index (χ4v) is 6.75. The van der Waals surface area contributed by atoms with E-state index in [2.05, 4.69) is 4.90 Å². The van der Waals surface area contributed by atoms with Gasteiger partial charge in [-0.3, -0.25) is 4.79 Å². The van der Waals surface area contributed by atoms with Gasteiger partial charge < -0.3 is 19.6 Å². The van der Waals surface area contributed by atoms with E-state index in [9.17, 15) is 9.90 Å². The molecule has 3 aromatic carbocycles. The molecular formula is C33H39Cl3N2O3. The fraction of sp³-hybridized carbons (Fsp3) is 0.424. The Hall–Kier alpha value is -2.28. The summed E-state index contributed by atoms with van der Waals surface area (Å²) in [5.41, 5.74) is 1.58. The van der Waals surface area contributed by atoms with Crippen molar-refractivity contribution >= 4 is 41.5 Å². The molecule has 1 unspecified atom stereocenters. The Balaban J connectivity index is 0.00000387. The van der Waals surface area contributed by atoms with Gasteiger partial charge in [0.15, 0.2) is 0 Å². The van der Waals surface area contributed by atoms with Crippen molar-refractivity contribution in [2.75, 3.05) is 33.3 Å². The van der Waals surface area contributed by atoms with Crippen LogP contribution in [0.5, 0.6) is 5.75 Å². The molecule has 2 heterocycles. The number of likely N-dealkylation sites (tertiary alicyclic amines) is 2. The fourth-order valence-electron chi connectivity index (χ4n) is 6.45. The molecule has 5 nitrogen and oxygen atoms in total. The van der Waals surface area contributed by atoms with E-state index >= 15 is 0 Å². The molecule has 8 heteroatoms. The van der Waals surface area contributed by atoms with Crippen molar-refractivity contribution in [3.05, 3.63) is 99.5 Å². The average molecular weight is 618 g/mol. The first-order valence-corrected chi connectivity index (χ1v) is 15.0. The van der Waals surface area contributed by atoms with E-state index in [4.69, 9.17) is 27.9 Å². The topological polar surface area (TPSA) is 53.0 Å². The van der Waals surface area contributed by atoms with Crippen LogP contribution in [0.2, 0.25) is 10.0 Å². The van der Waals surface area contributed by atoms with Gasteiger partial charge in [0.2, 0.25) is 5.91 Å². The van der Waals surface area contributed by atoms with Gasteiger partial charge in [-0.25, -0.2) is 0 Å². The molecule has 0 saturated carbocycles. The zero-order chi connectivity index (χ0) is 28.2. The molecule has 0 aromatic heterocycles. The maximum atomic E-state index is 14.3. The molecule has 2 fully saturated rings. The number of carbonyl (C=O) groups is 1. The van der Waals surface area contributed by atoms with Gasteiger partial charge in [0.25, 0.3) is 0 Å². The van der Waals surface area contributed by atoms with Gasteiger partial charge >= 0.3 is 0 Å². The van der Waals surface area contributed by atoms with Crippen molar-refractivity contribution in [2.45, 2.75) is 56.1 Å². The number of rotatable bonds is 9. The lowest BCUT2D eigenvalue weighted by Gasteiger charge is -2.43. The monoisotopic (exact) mass is 616 g/mol. The average Bonchev–Trinajstić information content (AvgIpc) is 2.98. The third kappa shape index (κ3) is 7.03. The number of methoxy groups -OCH3 is 1. The van der Waals surface area contributed by atoms with Crippen LogP contribution in [0.25, 0.3) is 0 Å². The molecule has 2 saturated heterocycles. The van der Waals surface area contributed by atoms with Gasteiger partial charge in [-0.15, -0.1) is 12.4 Å². The number of hydrogen-bond acceptors (Lipinski definition) is 4. The van der Waals surface area contributed by atoms with Crippen LogP contribution in [-0.4, -0.2) is 54.1 Å². The summed E-state index contributed by atoms with van der Waals surface area (Å²) in [6.45, 7) is 3.83. The van der Waals surface area contributed by atoms with Crippen LogP contribution < -0.4 is 4.74 Å². The number of nitrogens with zero attached hydrogens (tertiary/aromatic N) is 2. The number of aliphatic hydroxyl groups is 1. The molecule has 1 N–H and O–H groups in total. The normalized spacial score (nSPS) is 20.9. The largest absolute Gasteiger partial charge is 0.497 e. The van der Waals surface area contributed by atoms with Gasteiger partial charge in [-0.2, -0.15) is 0 Å². The van der Waals surface area contributed by atoms with Crippen LogP contribution in [0.1, 0.15) is 55.2 Å². The predicted molar refractivity (Wildman–Crippen MR) is 168 cm³/mol. The first kappa shape index (κ1) is 31.7. The molecule has 220 valence electrons. The number of benzene rings is 3. The molecule has 5 rings (SSSR count). The maximum absolute atomic E-state index is 14.3. The summed E-state index contributed by atoms with van der Waals surface area (Å²) in [5.74, 6) is 0.940. The number of amides is 1. The Morgan fingerprint density at radius 2 is 1.63 bits per heavy atom. The van der Waals surface area contributed by atoms with Gasteiger partial charge in [0.1, 0.15) is 5.75 Å². The van der Waals surface area contributed by atoms with E-state index < -0.39 is 11.0 Å². The minimum atomic E-state index is -0.765. The van der Waals surface area contributed by atoms with Gasteiger partial charge in [0.05, 0.1) is 28.2 Å². The van der Waals surface area contributed by atoms with Crippen molar-refractivity contribution in [3.63, 3.8) is 0 Å². The van der Waals surface area contributed by atoms with Crippen LogP contribution >= 0.6 is 35.6 Å². The third-order valence-electron chi connectivity index (χ3n) is 8.78. The molecule has 2 aliphatic heterocycles. The molecule has 41 heavy (non-hydrogen) atoms. The number of halogens is 3. The Kier molecular flexibility index (Phi) is 10.6. The molecule has 0 radical (unpaired) electrons. The number of carbonyl (C=O) groups excluding carboxylic acids is 1.